The van der Waals surface area contributed by atoms with E-state index in [1.807, 2.05) is 16.7 Å². The standard InChI is InChI=1S/C24H26N2O6S/c1-7-10-26-16-13-17(28-2)18(29-3)14-21(16)33-24(26)25-22(27)9-8-15-11-19(30-4)23(32-6)20(12-15)31-5/h7-9,11-14H,1,10H2,2-6H3. The smallest absolute Gasteiger partial charge is 0.272 e. The van der Waals surface area contributed by atoms with Crippen molar-refractivity contribution in [2.24, 2.45) is 4.99 Å². The number of amides is 1. The number of hydrogen-bond acceptors (Lipinski definition) is 7. The maximum Gasteiger partial charge on any atom is 0.272 e. The third-order valence-electron chi connectivity index (χ3n) is 4.81. The molecule has 1 heterocycles. The SMILES string of the molecule is C=CCn1c(=NC(=O)C=Cc2cc(OC)c(OC)c(OC)c2)sc2cc(OC)c(OC)cc21. The fourth-order valence-corrected chi connectivity index (χ4v) is 4.34. The van der Waals surface area contributed by atoms with Gasteiger partial charge in [0.2, 0.25) is 5.75 Å². The zero-order valence-corrected chi connectivity index (χ0v) is 20.0. The van der Waals surface area contributed by atoms with Crippen molar-refractivity contribution in [2.45, 2.75) is 6.54 Å². The van der Waals surface area contributed by atoms with Crippen molar-refractivity contribution in [3.63, 3.8) is 0 Å². The number of carbonyl (C=O) groups excluding carboxylic acids is 1. The monoisotopic (exact) mass is 470 g/mol. The van der Waals surface area contributed by atoms with Gasteiger partial charge in [-0.15, -0.1) is 6.58 Å². The molecule has 3 rings (SSSR count). The normalized spacial score (nSPS) is 11.6. The predicted molar refractivity (Wildman–Crippen MR) is 129 cm³/mol. The summed E-state index contributed by atoms with van der Waals surface area (Å²) in [6.45, 7) is 4.30. The number of aromatic nitrogens is 1. The Morgan fingerprint density at radius 2 is 1.55 bits per heavy atom. The molecule has 8 nitrogen and oxygen atoms in total. The first-order chi connectivity index (χ1) is 16.0. The topological polar surface area (TPSA) is 80.5 Å². The highest BCUT2D eigenvalue weighted by atomic mass is 32.1. The minimum Gasteiger partial charge on any atom is -0.493 e. The summed E-state index contributed by atoms with van der Waals surface area (Å²) >= 11 is 1.38. The quantitative estimate of drug-likeness (QED) is 0.346. The first-order valence-corrected chi connectivity index (χ1v) is 10.7. The molecule has 1 amide bonds. The van der Waals surface area contributed by atoms with Gasteiger partial charge in [0.05, 0.1) is 45.8 Å². The molecule has 0 aliphatic heterocycles. The second-order valence-electron chi connectivity index (χ2n) is 6.70. The van der Waals surface area contributed by atoms with Crippen molar-refractivity contribution in [1.82, 2.24) is 4.57 Å². The highest BCUT2D eigenvalue weighted by molar-refractivity contribution is 7.16. The molecule has 33 heavy (non-hydrogen) atoms. The lowest BCUT2D eigenvalue weighted by Crippen LogP contribution is -2.15. The molecule has 9 heteroatoms. The lowest BCUT2D eigenvalue weighted by atomic mass is 10.1. The van der Waals surface area contributed by atoms with Crippen LogP contribution in [0.15, 0.2) is 48.0 Å². The molecule has 0 radical (unpaired) electrons. The van der Waals surface area contributed by atoms with Crippen LogP contribution in [-0.2, 0) is 11.3 Å². The van der Waals surface area contributed by atoms with Crippen molar-refractivity contribution in [3.05, 3.63) is 53.4 Å². The van der Waals surface area contributed by atoms with Crippen LogP contribution >= 0.6 is 11.3 Å². The van der Waals surface area contributed by atoms with E-state index in [1.165, 1.54) is 38.7 Å². The zero-order valence-electron chi connectivity index (χ0n) is 19.2. The van der Waals surface area contributed by atoms with E-state index < -0.39 is 5.91 Å². The Morgan fingerprint density at radius 3 is 2.09 bits per heavy atom. The number of allylic oxidation sites excluding steroid dienone is 1. The van der Waals surface area contributed by atoms with Crippen LogP contribution in [0.4, 0.5) is 0 Å². The average molecular weight is 471 g/mol. The van der Waals surface area contributed by atoms with Crippen LogP contribution in [0.2, 0.25) is 0 Å². The molecule has 0 N–H and O–H groups in total. The Kier molecular flexibility index (Phi) is 7.78. The van der Waals surface area contributed by atoms with E-state index >= 15 is 0 Å². The maximum atomic E-state index is 12.7. The van der Waals surface area contributed by atoms with Gasteiger partial charge < -0.3 is 28.3 Å². The van der Waals surface area contributed by atoms with Crippen LogP contribution in [0.25, 0.3) is 16.3 Å². The molecular weight excluding hydrogens is 444 g/mol. The van der Waals surface area contributed by atoms with Gasteiger partial charge in [0, 0.05) is 24.8 Å². The third-order valence-corrected chi connectivity index (χ3v) is 5.85. The lowest BCUT2D eigenvalue weighted by molar-refractivity contribution is -0.113. The minimum atomic E-state index is -0.410. The Morgan fingerprint density at radius 1 is 0.939 bits per heavy atom. The summed E-state index contributed by atoms with van der Waals surface area (Å²) < 4.78 is 29.7. The number of hydrogen-bond donors (Lipinski definition) is 0. The summed E-state index contributed by atoms with van der Waals surface area (Å²) in [6, 6.07) is 7.24. The van der Waals surface area contributed by atoms with Gasteiger partial charge >= 0.3 is 0 Å². The number of ether oxygens (including phenoxy) is 5. The van der Waals surface area contributed by atoms with E-state index in [0.717, 1.165) is 10.2 Å². The number of fused-ring (bicyclic) bond motifs is 1. The van der Waals surface area contributed by atoms with Crippen LogP contribution in [0, 0.1) is 0 Å². The number of rotatable bonds is 9. The summed E-state index contributed by atoms with van der Waals surface area (Å²) in [5, 5.41) is 0. The van der Waals surface area contributed by atoms with Crippen molar-refractivity contribution in [1.29, 1.82) is 0 Å². The molecule has 0 spiro atoms. The second kappa shape index (κ2) is 10.7. The van der Waals surface area contributed by atoms with Crippen LogP contribution in [-0.4, -0.2) is 46.0 Å². The number of thiazole rings is 1. The van der Waals surface area contributed by atoms with E-state index in [4.69, 9.17) is 23.7 Å². The van der Waals surface area contributed by atoms with Crippen LogP contribution < -0.4 is 28.5 Å². The summed E-state index contributed by atoms with van der Waals surface area (Å²) in [4.78, 5) is 17.5. The Hall–Kier alpha value is -3.72. The summed E-state index contributed by atoms with van der Waals surface area (Å²) in [5.74, 6) is 2.27. The van der Waals surface area contributed by atoms with Crippen molar-refractivity contribution >= 4 is 33.5 Å². The molecule has 0 saturated heterocycles. The fourth-order valence-electron chi connectivity index (χ4n) is 3.28. The second-order valence-corrected chi connectivity index (χ2v) is 7.71. The van der Waals surface area contributed by atoms with Gasteiger partial charge in [0.1, 0.15) is 0 Å². The molecule has 0 unspecified atom stereocenters. The maximum absolute atomic E-state index is 12.7. The van der Waals surface area contributed by atoms with Crippen LogP contribution in [0.5, 0.6) is 28.7 Å². The van der Waals surface area contributed by atoms with Gasteiger partial charge in [-0.2, -0.15) is 4.99 Å². The van der Waals surface area contributed by atoms with Crippen LogP contribution in [0.3, 0.4) is 0 Å². The number of nitrogens with zero attached hydrogens (tertiary/aromatic N) is 2. The first kappa shape index (κ1) is 23.9. The van der Waals surface area contributed by atoms with Crippen LogP contribution in [0.1, 0.15) is 5.56 Å². The van der Waals surface area contributed by atoms with Crippen molar-refractivity contribution in [3.8, 4) is 28.7 Å². The Bertz CT molecular complexity index is 1250. The van der Waals surface area contributed by atoms with Gasteiger partial charge in [-0.3, -0.25) is 4.79 Å². The minimum absolute atomic E-state index is 0.410. The van der Waals surface area contributed by atoms with Gasteiger partial charge in [0.15, 0.2) is 27.8 Å². The highest BCUT2D eigenvalue weighted by Gasteiger charge is 2.14. The number of benzene rings is 2. The molecule has 2 aromatic carbocycles. The summed E-state index contributed by atoms with van der Waals surface area (Å²) in [5.41, 5.74) is 1.58. The first-order valence-electron chi connectivity index (χ1n) is 9.92. The van der Waals surface area contributed by atoms with Crippen molar-refractivity contribution in [2.75, 3.05) is 35.5 Å². The van der Waals surface area contributed by atoms with E-state index in [2.05, 4.69) is 11.6 Å². The average Bonchev–Trinajstić information content (AvgIpc) is 3.16. The molecule has 0 aliphatic rings. The summed E-state index contributed by atoms with van der Waals surface area (Å²) in [7, 11) is 7.77. The summed E-state index contributed by atoms with van der Waals surface area (Å²) in [6.07, 6.45) is 4.79. The van der Waals surface area contributed by atoms with E-state index in [-0.39, 0.29) is 0 Å². The third kappa shape index (κ3) is 5.04. The van der Waals surface area contributed by atoms with E-state index in [1.54, 1.807) is 38.5 Å². The molecule has 0 saturated carbocycles. The van der Waals surface area contributed by atoms with Gasteiger partial charge in [0.25, 0.3) is 5.91 Å². The molecule has 3 aromatic rings. The van der Waals surface area contributed by atoms with Gasteiger partial charge in [-0.05, 0) is 23.8 Å². The fraction of sp³-hybridized carbons (Fsp3) is 0.250. The number of methoxy groups -OCH3 is 5. The molecule has 0 bridgehead atoms. The van der Waals surface area contributed by atoms with Crippen molar-refractivity contribution < 1.29 is 28.5 Å². The predicted octanol–water partition coefficient (Wildman–Crippen LogP) is 4.07. The van der Waals surface area contributed by atoms with Gasteiger partial charge in [-0.1, -0.05) is 17.4 Å². The number of carbonyl (C=O) groups is 1. The molecule has 174 valence electrons. The molecule has 0 aliphatic carbocycles. The molecular formula is C24H26N2O6S. The highest BCUT2D eigenvalue weighted by Crippen LogP contribution is 2.38. The Balaban J connectivity index is 2.02. The molecule has 1 aromatic heterocycles. The Labute approximate surface area is 195 Å². The van der Waals surface area contributed by atoms with E-state index in [0.29, 0.717) is 45.7 Å². The molecule has 0 fully saturated rings. The zero-order chi connectivity index (χ0) is 24.0. The van der Waals surface area contributed by atoms with E-state index in [9.17, 15) is 4.79 Å². The lowest BCUT2D eigenvalue weighted by Gasteiger charge is -2.12. The van der Waals surface area contributed by atoms with Gasteiger partial charge in [-0.25, -0.2) is 0 Å². The molecule has 0 atom stereocenters. The largest absolute Gasteiger partial charge is 0.493 e.